The number of hydrogen-bond acceptors (Lipinski definition) is 6. The third kappa shape index (κ3) is 4.38. The van der Waals surface area contributed by atoms with Crippen LogP contribution in [-0.4, -0.2) is 70.2 Å². The molecule has 8 nitrogen and oxygen atoms in total. The second-order valence-electron chi connectivity index (χ2n) is 4.60. The monoisotopic (exact) mass is 354 g/mol. The number of carbonyl (C=O) groups is 2. The smallest absolute Gasteiger partial charge is 0.241 e. The summed E-state index contributed by atoms with van der Waals surface area (Å²) >= 11 is 2.94. The fraction of sp³-hybridized carbons (Fsp3) is 0.818. The van der Waals surface area contributed by atoms with Gasteiger partial charge in [0, 0.05) is 5.92 Å². The molecule has 0 radical (unpaired) electrons. The molecule has 1 aliphatic heterocycles. The number of alkyl halides is 1. The van der Waals surface area contributed by atoms with Gasteiger partial charge >= 0.3 is 0 Å². The van der Waals surface area contributed by atoms with Gasteiger partial charge in [-0.3, -0.25) is 9.59 Å². The minimum atomic E-state index is -1.30. The zero-order valence-electron chi connectivity index (χ0n) is 11.0. The molecule has 0 saturated carbocycles. The lowest BCUT2D eigenvalue weighted by molar-refractivity contribution is -0.213. The number of ether oxygens (including phenoxy) is 1. The first-order chi connectivity index (χ1) is 9.40. The van der Waals surface area contributed by atoms with Crippen molar-refractivity contribution in [3.63, 3.8) is 0 Å². The minimum absolute atomic E-state index is 0.0750. The predicted octanol–water partition coefficient (Wildman–Crippen LogP) is -2.31. The van der Waals surface area contributed by atoms with Crippen LogP contribution >= 0.6 is 15.9 Å². The number of carbonyl (C=O) groups excluding carboxylic acids is 2. The van der Waals surface area contributed by atoms with Crippen LogP contribution in [0.5, 0.6) is 0 Å². The van der Waals surface area contributed by atoms with Crippen molar-refractivity contribution in [1.29, 1.82) is 0 Å². The molecule has 0 aromatic rings. The highest BCUT2D eigenvalue weighted by Gasteiger charge is 2.42. The predicted molar refractivity (Wildman–Crippen MR) is 71.9 cm³/mol. The highest BCUT2D eigenvalue weighted by Crippen LogP contribution is 2.24. The number of aliphatic hydroxyl groups is 3. The van der Waals surface area contributed by atoms with E-state index in [2.05, 4.69) is 26.6 Å². The number of hydrogen-bond donors (Lipinski definition) is 5. The standard InChI is InChI=1S/C11H19BrN2O6/c1-5-6(4-15)20-11(10(19)9(5)18)14-8(17)3-13-7(16)2-12/h5-6,9-11,15,18-19H,2-4H2,1H3,(H,13,16)(H,14,17)/t5-,6?,9+,10?,11+/m1/s1. The van der Waals surface area contributed by atoms with Crippen LogP contribution in [0, 0.1) is 5.92 Å². The third-order valence-corrected chi connectivity index (χ3v) is 3.67. The summed E-state index contributed by atoms with van der Waals surface area (Å²) in [7, 11) is 0. The third-order valence-electron chi connectivity index (χ3n) is 3.16. The molecule has 1 aliphatic rings. The van der Waals surface area contributed by atoms with Gasteiger partial charge in [0.15, 0.2) is 6.23 Å². The van der Waals surface area contributed by atoms with E-state index in [-0.39, 0.29) is 24.4 Å². The van der Waals surface area contributed by atoms with Gasteiger partial charge < -0.3 is 30.7 Å². The van der Waals surface area contributed by atoms with E-state index in [0.29, 0.717) is 0 Å². The normalized spacial score (nSPS) is 33.5. The molecule has 2 amide bonds. The van der Waals surface area contributed by atoms with E-state index in [9.17, 15) is 19.8 Å². The Hall–Kier alpha value is -0.740. The lowest BCUT2D eigenvalue weighted by Gasteiger charge is -2.41. The average Bonchev–Trinajstić information content (AvgIpc) is 2.45. The minimum Gasteiger partial charge on any atom is -0.394 e. The van der Waals surface area contributed by atoms with Gasteiger partial charge in [-0.15, -0.1) is 0 Å². The van der Waals surface area contributed by atoms with E-state index >= 15 is 0 Å². The Morgan fingerprint density at radius 3 is 2.45 bits per heavy atom. The van der Waals surface area contributed by atoms with Crippen LogP contribution in [0.15, 0.2) is 0 Å². The molecule has 1 fully saturated rings. The van der Waals surface area contributed by atoms with E-state index in [1.54, 1.807) is 6.92 Å². The first-order valence-corrected chi connectivity index (χ1v) is 7.27. The largest absolute Gasteiger partial charge is 0.394 e. The highest BCUT2D eigenvalue weighted by atomic mass is 79.9. The highest BCUT2D eigenvalue weighted by molar-refractivity contribution is 9.09. The Morgan fingerprint density at radius 2 is 1.90 bits per heavy atom. The molecule has 20 heavy (non-hydrogen) atoms. The van der Waals surface area contributed by atoms with Gasteiger partial charge in [0.1, 0.15) is 6.10 Å². The summed E-state index contributed by atoms with van der Waals surface area (Å²) in [6.45, 7) is 1.02. The van der Waals surface area contributed by atoms with E-state index < -0.39 is 36.4 Å². The second-order valence-corrected chi connectivity index (χ2v) is 5.16. The van der Waals surface area contributed by atoms with E-state index in [1.165, 1.54) is 0 Å². The van der Waals surface area contributed by atoms with Crippen LogP contribution in [0.4, 0.5) is 0 Å². The van der Waals surface area contributed by atoms with Gasteiger partial charge in [0.05, 0.1) is 30.7 Å². The number of halogens is 1. The maximum atomic E-state index is 11.6. The summed E-state index contributed by atoms with van der Waals surface area (Å²) in [5.41, 5.74) is 0. The van der Waals surface area contributed by atoms with Crippen molar-refractivity contribution in [3.8, 4) is 0 Å². The van der Waals surface area contributed by atoms with E-state index in [4.69, 9.17) is 9.84 Å². The summed E-state index contributed by atoms with van der Waals surface area (Å²) in [6, 6.07) is 0. The Morgan fingerprint density at radius 1 is 1.25 bits per heavy atom. The Balaban J connectivity index is 2.53. The SMILES string of the molecule is C[C@@H]1C(CO)O[C@H](NC(=O)CNC(=O)CBr)C(O)[C@H]1O. The summed E-state index contributed by atoms with van der Waals surface area (Å²) in [4.78, 5) is 22.6. The average molecular weight is 355 g/mol. The molecule has 0 aromatic carbocycles. The van der Waals surface area contributed by atoms with E-state index in [0.717, 1.165) is 0 Å². The fourth-order valence-electron chi connectivity index (χ4n) is 1.87. The first-order valence-electron chi connectivity index (χ1n) is 6.15. The fourth-order valence-corrected chi connectivity index (χ4v) is 2.07. The Labute approximate surface area is 124 Å². The second kappa shape index (κ2) is 7.89. The quantitative estimate of drug-likeness (QED) is 0.353. The molecule has 9 heteroatoms. The first kappa shape index (κ1) is 17.3. The Bertz CT molecular complexity index is 354. The molecule has 116 valence electrons. The molecule has 0 spiro atoms. The maximum absolute atomic E-state index is 11.6. The molecule has 5 N–H and O–H groups in total. The van der Waals surface area contributed by atoms with Gasteiger partial charge in [-0.05, 0) is 0 Å². The molecule has 0 aromatic heterocycles. The number of amides is 2. The summed E-state index contributed by atoms with van der Waals surface area (Å²) in [6.07, 6.45) is -4.24. The number of nitrogens with one attached hydrogen (secondary N) is 2. The van der Waals surface area contributed by atoms with Crippen LogP contribution < -0.4 is 10.6 Å². The molecule has 5 atom stereocenters. The van der Waals surface area contributed by atoms with Crippen LogP contribution in [0.25, 0.3) is 0 Å². The van der Waals surface area contributed by atoms with Gasteiger partial charge in [0.2, 0.25) is 11.8 Å². The van der Waals surface area contributed by atoms with Crippen molar-refractivity contribution in [3.05, 3.63) is 0 Å². The molecule has 1 rings (SSSR count). The lowest BCUT2D eigenvalue weighted by atomic mass is 9.90. The van der Waals surface area contributed by atoms with Crippen LogP contribution in [0.3, 0.4) is 0 Å². The zero-order chi connectivity index (χ0) is 15.3. The topological polar surface area (TPSA) is 128 Å². The van der Waals surface area contributed by atoms with Crippen LogP contribution in [0.1, 0.15) is 6.92 Å². The van der Waals surface area contributed by atoms with Crippen molar-refractivity contribution in [2.45, 2.75) is 31.5 Å². The van der Waals surface area contributed by atoms with Gasteiger partial charge in [-0.2, -0.15) is 0 Å². The molecule has 1 heterocycles. The van der Waals surface area contributed by atoms with Gasteiger partial charge in [-0.25, -0.2) is 0 Å². The maximum Gasteiger partial charge on any atom is 0.241 e. The molecule has 0 bridgehead atoms. The lowest BCUT2D eigenvalue weighted by Crippen LogP contribution is -2.61. The zero-order valence-corrected chi connectivity index (χ0v) is 12.5. The molecular formula is C11H19BrN2O6. The summed E-state index contributed by atoms with van der Waals surface area (Å²) in [5.74, 6) is -1.38. The van der Waals surface area contributed by atoms with Gasteiger partial charge in [0.25, 0.3) is 0 Å². The van der Waals surface area contributed by atoms with Crippen molar-refractivity contribution in [1.82, 2.24) is 10.6 Å². The van der Waals surface area contributed by atoms with E-state index in [1.807, 2.05) is 0 Å². The molecule has 0 aliphatic carbocycles. The van der Waals surface area contributed by atoms with Crippen molar-refractivity contribution in [2.24, 2.45) is 5.92 Å². The van der Waals surface area contributed by atoms with Crippen LogP contribution in [0.2, 0.25) is 0 Å². The van der Waals surface area contributed by atoms with Crippen molar-refractivity contribution < 1.29 is 29.6 Å². The number of rotatable bonds is 5. The molecule has 1 saturated heterocycles. The summed E-state index contributed by atoms with van der Waals surface area (Å²) < 4.78 is 5.32. The van der Waals surface area contributed by atoms with Gasteiger partial charge in [-0.1, -0.05) is 22.9 Å². The van der Waals surface area contributed by atoms with Crippen molar-refractivity contribution >= 4 is 27.7 Å². The Kier molecular flexibility index (Phi) is 6.83. The van der Waals surface area contributed by atoms with Crippen LogP contribution in [-0.2, 0) is 14.3 Å². The number of aliphatic hydroxyl groups excluding tert-OH is 3. The molecule has 2 unspecified atom stereocenters. The summed E-state index contributed by atoms with van der Waals surface area (Å²) in [5, 5.41) is 33.5. The van der Waals surface area contributed by atoms with Crippen molar-refractivity contribution in [2.75, 3.05) is 18.5 Å². The molecular weight excluding hydrogens is 336 g/mol.